The Labute approximate surface area is 89.3 Å². The Balaban J connectivity index is 2.35. The topological polar surface area (TPSA) is 55.8 Å². The molecule has 0 unspecified atom stereocenters. The van der Waals surface area contributed by atoms with Gasteiger partial charge in [0.25, 0.3) is 0 Å². The molecule has 0 N–H and O–H groups in total. The lowest BCUT2D eigenvalue weighted by Gasteiger charge is -2.15. The molecule has 0 radical (unpaired) electrons. The van der Waals surface area contributed by atoms with Crippen LogP contribution in [0.25, 0.3) is 0 Å². The molecule has 1 rings (SSSR count). The summed E-state index contributed by atoms with van der Waals surface area (Å²) in [5.74, 6) is -0.552. The van der Waals surface area contributed by atoms with E-state index in [2.05, 4.69) is 4.74 Å². The van der Waals surface area contributed by atoms with E-state index in [4.69, 9.17) is 4.74 Å². The molecule has 1 heterocycles. The molecule has 1 fully saturated rings. The van der Waals surface area contributed by atoms with E-state index in [1.54, 1.807) is 12.0 Å². The van der Waals surface area contributed by atoms with Crippen molar-refractivity contribution in [2.75, 3.05) is 33.9 Å². The van der Waals surface area contributed by atoms with Crippen LogP contribution in [0.4, 0.5) is 0 Å². The predicted octanol–water partition coefficient (Wildman–Crippen LogP) is 0.0444. The van der Waals surface area contributed by atoms with Crippen molar-refractivity contribution in [2.24, 2.45) is 5.92 Å². The molecule has 0 aromatic rings. The monoisotopic (exact) mass is 215 g/mol. The number of hydrogen-bond acceptors (Lipinski definition) is 4. The SMILES string of the molecule is COCCCN1C[C@H](C(=O)OC)CC1=O. The van der Waals surface area contributed by atoms with Crippen LogP contribution in [-0.4, -0.2) is 50.7 Å². The maximum absolute atomic E-state index is 11.5. The second-order valence-electron chi connectivity index (χ2n) is 3.61. The van der Waals surface area contributed by atoms with Crippen LogP contribution in [0.2, 0.25) is 0 Å². The first-order chi connectivity index (χ1) is 7.19. The average molecular weight is 215 g/mol. The lowest BCUT2D eigenvalue weighted by atomic mass is 10.1. The first kappa shape index (κ1) is 12.0. The molecule has 1 atom stereocenters. The van der Waals surface area contributed by atoms with Crippen LogP contribution in [0.1, 0.15) is 12.8 Å². The molecule has 15 heavy (non-hydrogen) atoms. The number of rotatable bonds is 5. The van der Waals surface area contributed by atoms with Crippen molar-refractivity contribution in [3.63, 3.8) is 0 Å². The molecule has 1 saturated heterocycles. The number of hydrogen-bond donors (Lipinski definition) is 0. The Hall–Kier alpha value is -1.10. The number of carbonyl (C=O) groups is 2. The van der Waals surface area contributed by atoms with Gasteiger partial charge < -0.3 is 14.4 Å². The zero-order chi connectivity index (χ0) is 11.3. The van der Waals surface area contributed by atoms with Crippen LogP contribution >= 0.6 is 0 Å². The summed E-state index contributed by atoms with van der Waals surface area (Å²) in [4.78, 5) is 24.4. The van der Waals surface area contributed by atoms with Gasteiger partial charge in [0, 0.05) is 33.2 Å². The van der Waals surface area contributed by atoms with Gasteiger partial charge in [0.05, 0.1) is 13.0 Å². The average Bonchev–Trinajstić information content (AvgIpc) is 2.60. The third-order valence-corrected chi connectivity index (χ3v) is 2.53. The van der Waals surface area contributed by atoms with Crippen LogP contribution in [-0.2, 0) is 19.1 Å². The number of nitrogens with zero attached hydrogens (tertiary/aromatic N) is 1. The summed E-state index contributed by atoms with van der Waals surface area (Å²) in [5.41, 5.74) is 0. The zero-order valence-electron chi connectivity index (χ0n) is 9.19. The third-order valence-electron chi connectivity index (χ3n) is 2.53. The van der Waals surface area contributed by atoms with Crippen molar-refractivity contribution in [1.82, 2.24) is 4.90 Å². The molecular formula is C10H17NO4. The van der Waals surface area contributed by atoms with E-state index < -0.39 is 0 Å². The molecule has 1 aliphatic heterocycles. The fourth-order valence-electron chi connectivity index (χ4n) is 1.71. The van der Waals surface area contributed by atoms with E-state index in [0.29, 0.717) is 19.7 Å². The molecule has 5 heteroatoms. The Bertz CT molecular complexity index is 242. The molecule has 0 spiro atoms. The van der Waals surface area contributed by atoms with Crippen molar-refractivity contribution < 1.29 is 19.1 Å². The van der Waals surface area contributed by atoms with Crippen LogP contribution in [0, 0.1) is 5.92 Å². The number of esters is 1. The molecule has 0 saturated carbocycles. The summed E-state index contributed by atoms with van der Waals surface area (Å²) in [7, 11) is 2.98. The van der Waals surface area contributed by atoms with Gasteiger partial charge in [0.15, 0.2) is 0 Å². The van der Waals surface area contributed by atoms with Gasteiger partial charge in [0.2, 0.25) is 5.91 Å². The highest BCUT2D eigenvalue weighted by atomic mass is 16.5. The number of amides is 1. The lowest BCUT2D eigenvalue weighted by molar-refractivity contribution is -0.145. The summed E-state index contributed by atoms with van der Waals surface area (Å²) in [6, 6.07) is 0. The summed E-state index contributed by atoms with van der Waals surface area (Å²) in [5, 5.41) is 0. The van der Waals surface area contributed by atoms with E-state index in [1.807, 2.05) is 0 Å². The summed E-state index contributed by atoms with van der Waals surface area (Å²) in [6.07, 6.45) is 1.08. The van der Waals surface area contributed by atoms with Crippen molar-refractivity contribution in [3.8, 4) is 0 Å². The highest BCUT2D eigenvalue weighted by molar-refractivity contribution is 5.86. The van der Waals surface area contributed by atoms with E-state index in [0.717, 1.165) is 6.42 Å². The van der Waals surface area contributed by atoms with Crippen molar-refractivity contribution in [1.29, 1.82) is 0 Å². The molecule has 0 bridgehead atoms. The molecular weight excluding hydrogens is 198 g/mol. The smallest absolute Gasteiger partial charge is 0.310 e. The van der Waals surface area contributed by atoms with Gasteiger partial charge in [-0.05, 0) is 6.42 Å². The van der Waals surface area contributed by atoms with Crippen molar-refractivity contribution in [3.05, 3.63) is 0 Å². The van der Waals surface area contributed by atoms with Gasteiger partial charge in [-0.3, -0.25) is 9.59 Å². The largest absolute Gasteiger partial charge is 0.469 e. The number of methoxy groups -OCH3 is 2. The van der Waals surface area contributed by atoms with E-state index >= 15 is 0 Å². The highest BCUT2D eigenvalue weighted by Gasteiger charge is 2.34. The Morgan fingerprint density at radius 2 is 2.27 bits per heavy atom. The molecule has 0 aromatic carbocycles. The molecule has 5 nitrogen and oxygen atoms in total. The van der Waals surface area contributed by atoms with Gasteiger partial charge in [-0.25, -0.2) is 0 Å². The molecule has 1 aliphatic rings. The maximum Gasteiger partial charge on any atom is 0.310 e. The fraction of sp³-hybridized carbons (Fsp3) is 0.800. The molecule has 1 amide bonds. The minimum atomic E-state index is -0.294. The summed E-state index contributed by atoms with van der Waals surface area (Å²) >= 11 is 0. The van der Waals surface area contributed by atoms with Crippen LogP contribution in [0.5, 0.6) is 0 Å². The van der Waals surface area contributed by atoms with Crippen LogP contribution in [0.3, 0.4) is 0 Å². The second kappa shape index (κ2) is 5.70. The van der Waals surface area contributed by atoms with Crippen LogP contribution in [0.15, 0.2) is 0 Å². The Morgan fingerprint density at radius 1 is 1.53 bits per heavy atom. The molecule has 0 aliphatic carbocycles. The normalized spacial score (nSPS) is 20.8. The van der Waals surface area contributed by atoms with Crippen molar-refractivity contribution >= 4 is 11.9 Å². The molecule has 86 valence electrons. The zero-order valence-corrected chi connectivity index (χ0v) is 9.19. The van der Waals surface area contributed by atoms with E-state index in [9.17, 15) is 9.59 Å². The first-order valence-corrected chi connectivity index (χ1v) is 5.03. The van der Waals surface area contributed by atoms with E-state index in [1.165, 1.54) is 7.11 Å². The third kappa shape index (κ3) is 3.20. The number of carbonyl (C=O) groups excluding carboxylic acids is 2. The summed E-state index contributed by atoms with van der Waals surface area (Å²) in [6.45, 7) is 1.77. The Morgan fingerprint density at radius 3 is 2.87 bits per heavy atom. The molecule has 0 aromatic heterocycles. The van der Waals surface area contributed by atoms with Crippen molar-refractivity contribution in [2.45, 2.75) is 12.8 Å². The van der Waals surface area contributed by atoms with Crippen LogP contribution < -0.4 is 0 Å². The number of ether oxygens (including phenoxy) is 2. The summed E-state index contributed by atoms with van der Waals surface area (Å²) < 4.78 is 9.52. The first-order valence-electron chi connectivity index (χ1n) is 5.03. The fourth-order valence-corrected chi connectivity index (χ4v) is 1.71. The highest BCUT2D eigenvalue weighted by Crippen LogP contribution is 2.18. The second-order valence-corrected chi connectivity index (χ2v) is 3.61. The Kier molecular flexibility index (Phi) is 4.55. The minimum absolute atomic E-state index is 0.0292. The number of likely N-dealkylation sites (tertiary alicyclic amines) is 1. The lowest BCUT2D eigenvalue weighted by Crippen LogP contribution is -2.28. The van der Waals surface area contributed by atoms with Gasteiger partial charge in [-0.1, -0.05) is 0 Å². The predicted molar refractivity (Wildman–Crippen MR) is 53.2 cm³/mol. The van der Waals surface area contributed by atoms with E-state index in [-0.39, 0.29) is 24.2 Å². The standard InChI is InChI=1S/C10H17NO4/c1-14-5-3-4-11-7-8(6-9(11)12)10(13)15-2/h8H,3-7H2,1-2H3/t8-/m1/s1. The quantitative estimate of drug-likeness (QED) is 0.480. The maximum atomic E-state index is 11.5. The van der Waals surface area contributed by atoms with Gasteiger partial charge in [-0.2, -0.15) is 0 Å². The van der Waals surface area contributed by atoms with Gasteiger partial charge >= 0.3 is 5.97 Å². The van der Waals surface area contributed by atoms with Gasteiger partial charge in [0.1, 0.15) is 0 Å². The minimum Gasteiger partial charge on any atom is -0.469 e. The van der Waals surface area contributed by atoms with Gasteiger partial charge in [-0.15, -0.1) is 0 Å².